The molecule has 0 saturated heterocycles. The third-order valence-electron chi connectivity index (χ3n) is 12.5. The van der Waals surface area contributed by atoms with Crippen molar-refractivity contribution in [1.29, 1.82) is 0 Å². The molecule has 0 bridgehead atoms. The molecule has 0 atom stereocenters. The van der Waals surface area contributed by atoms with E-state index in [1.165, 1.54) is 9.27 Å². The van der Waals surface area contributed by atoms with Crippen molar-refractivity contribution in [1.82, 2.24) is 23.7 Å². The highest BCUT2D eigenvalue weighted by molar-refractivity contribution is 7.25. The second-order valence-electron chi connectivity index (χ2n) is 15.9. The van der Waals surface area contributed by atoms with Crippen LogP contribution in [0, 0.1) is 0 Å². The summed E-state index contributed by atoms with van der Waals surface area (Å²) in [4.78, 5) is 11.1. The fraction of sp³-hybridized carbons (Fsp3) is 0. The molecule has 5 heterocycles. The number of fused-ring (bicyclic) bond motifs is 12. The Hall–Kier alpha value is -8.32. The van der Waals surface area contributed by atoms with Crippen molar-refractivity contribution in [2.45, 2.75) is 0 Å². The van der Waals surface area contributed by atoms with Gasteiger partial charge in [-0.1, -0.05) is 145 Å². The van der Waals surface area contributed by atoms with E-state index >= 15 is 0 Å². The Bertz CT molecular complexity index is 4520. The van der Waals surface area contributed by atoms with Crippen LogP contribution in [-0.4, -0.2) is 23.7 Å². The lowest BCUT2D eigenvalue weighted by Crippen LogP contribution is -2.08. The summed E-state index contributed by atoms with van der Waals surface area (Å²) in [5.41, 5.74) is 6.73. The van der Waals surface area contributed by atoms with E-state index in [1.807, 2.05) is 66.7 Å². The zero-order chi connectivity index (χ0) is 48.8. The summed E-state index contributed by atoms with van der Waals surface area (Å²) in [6.45, 7) is 0. The monoisotopic (exact) mass is 841 g/mol. The molecular formula is C58H35N5S. The summed E-state index contributed by atoms with van der Waals surface area (Å²) >= 11 is 1.74. The molecule has 298 valence electrons. The van der Waals surface area contributed by atoms with Crippen LogP contribution in [0.4, 0.5) is 0 Å². The maximum atomic E-state index is 9.48. The van der Waals surface area contributed by atoms with Gasteiger partial charge in [0.05, 0.1) is 55.3 Å². The molecule has 0 aliphatic heterocycles. The van der Waals surface area contributed by atoms with Crippen LogP contribution in [0.1, 0.15) is 11.0 Å². The smallest absolute Gasteiger partial charge is 0.166 e. The van der Waals surface area contributed by atoms with E-state index in [-0.39, 0.29) is 33.4 Å². The molecule has 0 aliphatic carbocycles. The quantitative estimate of drug-likeness (QED) is 0.173. The molecular weight excluding hydrogens is 799 g/mol. The molecule has 0 N–H and O–H groups in total. The molecule has 0 fully saturated rings. The van der Waals surface area contributed by atoms with Crippen LogP contribution in [0.5, 0.6) is 0 Å². The van der Waals surface area contributed by atoms with E-state index in [1.54, 1.807) is 17.4 Å². The zero-order valence-electron chi connectivity index (χ0n) is 41.7. The normalized spacial score (nSPS) is 13.8. The molecule has 0 spiro atoms. The third-order valence-corrected chi connectivity index (χ3v) is 13.7. The molecule has 5 nitrogen and oxygen atoms in total. The van der Waals surface area contributed by atoms with Crippen molar-refractivity contribution in [3.05, 3.63) is 212 Å². The first-order chi connectivity index (χ1) is 35.1. The molecule has 64 heavy (non-hydrogen) atoms. The minimum atomic E-state index is -0.520. The lowest BCUT2D eigenvalue weighted by atomic mass is 9.95. The van der Waals surface area contributed by atoms with Gasteiger partial charge in [-0.25, -0.2) is 9.97 Å². The molecule has 14 rings (SSSR count). The first kappa shape index (κ1) is 28.3. The first-order valence-electron chi connectivity index (χ1n) is 25.0. The van der Waals surface area contributed by atoms with Crippen LogP contribution < -0.4 is 0 Å². The third kappa shape index (κ3) is 5.05. The molecule has 0 saturated carbocycles. The lowest BCUT2D eigenvalue weighted by molar-refractivity contribution is 0.991. The van der Waals surface area contributed by atoms with Crippen molar-refractivity contribution in [2.75, 3.05) is 0 Å². The van der Waals surface area contributed by atoms with Crippen molar-refractivity contribution >= 4 is 96.9 Å². The highest BCUT2D eigenvalue weighted by Gasteiger charge is 2.25. The summed E-state index contributed by atoms with van der Waals surface area (Å²) in [6.07, 6.45) is 0. The fourth-order valence-electron chi connectivity index (χ4n) is 9.86. The second-order valence-corrected chi connectivity index (χ2v) is 17.0. The first-order valence-corrected chi connectivity index (χ1v) is 21.8. The number of para-hydroxylation sites is 6. The summed E-state index contributed by atoms with van der Waals surface area (Å²) in [6, 6.07) is 51.8. The molecule has 14 aromatic rings. The van der Waals surface area contributed by atoms with Crippen LogP contribution in [0.2, 0.25) is 0 Å². The maximum absolute atomic E-state index is 9.48. The number of hydrogen-bond donors (Lipinski definition) is 0. The summed E-state index contributed by atoms with van der Waals surface area (Å²) in [5.74, 6) is 0.823. The van der Waals surface area contributed by atoms with Gasteiger partial charge in [-0.2, -0.15) is 0 Å². The van der Waals surface area contributed by atoms with Crippen LogP contribution in [0.15, 0.2) is 212 Å². The van der Waals surface area contributed by atoms with Crippen molar-refractivity contribution in [3.63, 3.8) is 0 Å². The van der Waals surface area contributed by atoms with Gasteiger partial charge in [0.25, 0.3) is 0 Å². The number of thiophene rings is 1. The molecule has 5 aromatic heterocycles. The van der Waals surface area contributed by atoms with Crippen LogP contribution in [0.25, 0.3) is 125 Å². The lowest BCUT2D eigenvalue weighted by Gasteiger charge is -2.19. The number of nitrogens with zero attached hydrogens (tertiary/aromatic N) is 5. The van der Waals surface area contributed by atoms with E-state index in [0.29, 0.717) is 11.4 Å². The Labute approximate surface area is 382 Å². The Balaban J connectivity index is 1.19. The van der Waals surface area contributed by atoms with E-state index in [2.05, 4.69) is 100 Å². The molecule has 9 aromatic carbocycles. The van der Waals surface area contributed by atoms with Crippen LogP contribution in [-0.2, 0) is 0 Å². The highest BCUT2D eigenvalue weighted by atomic mass is 32.1. The fourth-order valence-corrected chi connectivity index (χ4v) is 10.9. The van der Waals surface area contributed by atoms with Crippen LogP contribution >= 0.6 is 11.3 Å². The molecule has 0 radical (unpaired) electrons. The van der Waals surface area contributed by atoms with E-state index in [0.717, 1.165) is 75.9 Å². The summed E-state index contributed by atoms with van der Waals surface area (Å²) in [5, 5.41) is 6.26. The van der Waals surface area contributed by atoms with E-state index in [4.69, 9.17) is 15.5 Å². The second kappa shape index (κ2) is 13.6. The number of hydrogen-bond acceptors (Lipinski definition) is 3. The van der Waals surface area contributed by atoms with Crippen molar-refractivity contribution < 1.29 is 11.0 Å². The predicted octanol–water partition coefficient (Wildman–Crippen LogP) is 15.5. The minimum absolute atomic E-state index is 0.0356. The van der Waals surface area contributed by atoms with Crippen LogP contribution in [0.3, 0.4) is 0 Å². The number of aromatic nitrogens is 5. The molecule has 0 amide bonds. The minimum Gasteiger partial charge on any atom is -0.308 e. The molecule has 0 unspecified atom stereocenters. The van der Waals surface area contributed by atoms with Gasteiger partial charge in [0.15, 0.2) is 5.82 Å². The standard InChI is InChI=1S/C58H35N5S/c1-8-24-46-38(16-1)39-17-2-9-25-47(39)61(46)52-30-15-23-37(36-32-33-54-45(34-36)44-22-7-14-31-53(44)64-54)57(52)58-59-55(62-48-26-10-3-18-40(48)41-19-4-11-27-49(41)62)35-56(60-58)63-50-28-12-5-20-42(50)43-21-6-13-29-51(43)63/h1-35H/i3D,4D,10D,11D,18D,19D,26D,27D. The number of rotatable bonds is 5. The molecule has 6 heteroatoms. The van der Waals surface area contributed by atoms with Gasteiger partial charge in [-0.05, 0) is 71.7 Å². The predicted molar refractivity (Wildman–Crippen MR) is 269 cm³/mol. The van der Waals surface area contributed by atoms with Gasteiger partial charge in [0, 0.05) is 58.6 Å². The van der Waals surface area contributed by atoms with Gasteiger partial charge in [0.2, 0.25) is 0 Å². The zero-order valence-corrected chi connectivity index (χ0v) is 34.5. The largest absolute Gasteiger partial charge is 0.308 e. The Morgan fingerprint density at radius 2 is 0.859 bits per heavy atom. The topological polar surface area (TPSA) is 40.6 Å². The Kier molecular flexibility index (Phi) is 6.01. The molecule has 0 aliphatic rings. The highest BCUT2D eigenvalue weighted by Crippen LogP contribution is 2.44. The van der Waals surface area contributed by atoms with E-state index in [9.17, 15) is 5.48 Å². The maximum Gasteiger partial charge on any atom is 0.166 e. The average molecular weight is 842 g/mol. The van der Waals surface area contributed by atoms with Gasteiger partial charge >= 0.3 is 0 Å². The SMILES string of the molecule is [2H]c1c([2H])c([2H])c2c(c1[2H])c1c([2H])c([2H])c([2H])c([2H])c1n2-c1cc(-n2c3ccccc3c3ccccc32)nc(-c2c(-c3ccc4sc5ccccc5c4c3)cccc2-n2c3ccccc3c3ccccc32)n1. The van der Waals surface area contributed by atoms with Gasteiger partial charge < -0.3 is 4.57 Å². The number of benzene rings is 9. The van der Waals surface area contributed by atoms with Gasteiger partial charge in [0.1, 0.15) is 11.6 Å². The Morgan fingerprint density at radius 1 is 0.375 bits per heavy atom. The van der Waals surface area contributed by atoms with Crippen molar-refractivity contribution in [3.8, 4) is 39.8 Å². The summed E-state index contributed by atoms with van der Waals surface area (Å²) < 4.78 is 81.0. The average Bonchev–Trinajstić information content (AvgIpc) is 4.17. The van der Waals surface area contributed by atoms with Gasteiger partial charge in [-0.15, -0.1) is 11.3 Å². The summed E-state index contributed by atoms with van der Waals surface area (Å²) in [7, 11) is 0. The van der Waals surface area contributed by atoms with Gasteiger partial charge in [-0.3, -0.25) is 9.13 Å². The van der Waals surface area contributed by atoms with Crippen molar-refractivity contribution in [2.24, 2.45) is 0 Å². The Morgan fingerprint density at radius 3 is 1.45 bits per heavy atom. The van der Waals surface area contributed by atoms with E-state index < -0.39 is 48.3 Å².